The van der Waals surface area contributed by atoms with Crippen molar-refractivity contribution >= 4 is 34.8 Å². The number of halogens is 1. The molecule has 1 aliphatic heterocycles. The molecule has 2 heterocycles. The molecule has 0 saturated carbocycles. The summed E-state index contributed by atoms with van der Waals surface area (Å²) < 4.78 is 0. The molecule has 1 unspecified atom stereocenters. The van der Waals surface area contributed by atoms with E-state index in [1.54, 1.807) is 18.2 Å². The Kier molecular flexibility index (Phi) is 4.54. The molecule has 0 bridgehead atoms. The van der Waals surface area contributed by atoms with Crippen LogP contribution in [0.3, 0.4) is 0 Å². The van der Waals surface area contributed by atoms with Gasteiger partial charge >= 0.3 is 0 Å². The molecule has 2 aromatic carbocycles. The molecule has 0 fully saturated rings. The van der Waals surface area contributed by atoms with Gasteiger partial charge in [-0.05, 0) is 56.2 Å². The third-order valence-electron chi connectivity index (χ3n) is 4.58. The standard InChI is InChI=1S/C21H19ClN4O/c1-13-10-18(25-21(23-13)24-17-8-5-7-16(22)12-17)20(27)26-14(2)11-15-6-3-4-9-19(15)26/h3-10,12,14H,11H2,1-2H3,(H,23,24,25). The van der Waals surface area contributed by atoms with Crippen LogP contribution in [0.2, 0.25) is 5.02 Å². The van der Waals surface area contributed by atoms with Gasteiger partial charge in [0.25, 0.3) is 5.91 Å². The number of aryl methyl sites for hydroxylation is 1. The van der Waals surface area contributed by atoms with Crippen molar-refractivity contribution in [2.75, 3.05) is 10.2 Å². The molecule has 136 valence electrons. The second-order valence-corrected chi connectivity index (χ2v) is 7.15. The van der Waals surface area contributed by atoms with E-state index in [0.717, 1.165) is 23.5 Å². The average Bonchev–Trinajstić information content (AvgIpc) is 2.96. The van der Waals surface area contributed by atoms with Crippen molar-refractivity contribution in [2.45, 2.75) is 26.3 Å². The Balaban J connectivity index is 1.66. The molecule has 0 radical (unpaired) electrons. The lowest BCUT2D eigenvalue weighted by molar-refractivity contribution is 0.0976. The zero-order chi connectivity index (χ0) is 19.0. The van der Waals surface area contributed by atoms with Crippen LogP contribution in [0.15, 0.2) is 54.6 Å². The minimum absolute atomic E-state index is 0.0921. The summed E-state index contributed by atoms with van der Waals surface area (Å²) in [5.74, 6) is 0.257. The number of nitrogens with one attached hydrogen (secondary N) is 1. The highest BCUT2D eigenvalue weighted by Gasteiger charge is 2.32. The monoisotopic (exact) mass is 378 g/mol. The van der Waals surface area contributed by atoms with Crippen LogP contribution in [-0.4, -0.2) is 21.9 Å². The van der Waals surface area contributed by atoms with Gasteiger partial charge in [0.2, 0.25) is 5.95 Å². The third kappa shape index (κ3) is 3.51. The Hall–Kier alpha value is -2.92. The maximum atomic E-state index is 13.2. The van der Waals surface area contributed by atoms with E-state index in [2.05, 4.69) is 28.3 Å². The fourth-order valence-electron chi connectivity index (χ4n) is 3.43. The van der Waals surface area contributed by atoms with Gasteiger partial charge in [0.1, 0.15) is 5.69 Å². The predicted molar refractivity (Wildman–Crippen MR) is 108 cm³/mol. The topological polar surface area (TPSA) is 58.1 Å². The van der Waals surface area contributed by atoms with E-state index >= 15 is 0 Å². The number of para-hydroxylation sites is 1. The first-order chi connectivity index (χ1) is 13.0. The molecule has 1 atom stereocenters. The predicted octanol–water partition coefficient (Wildman–Crippen LogP) is 4.77. The summed E-state index contributed by atoms with van der Waals surface area (Å²) in [6, 6.07) is 17.1. The lowest BCUT2D eigenvalue weighted by atomic mass is 10.1. The second-order valence-electron chi connectivity index (χ2n) is 6.71. The quantitative estimate of drug-likeness (QED) is 0.713. The van der Waals surface area contributed by atoms with Gasteiger partial charge in [-0.15, -0.1) is 0 Å². The summed E-state index contributed by atoms with van der Waals surface area (Å²) in [5.41, 5.74) is 4.00. The summed E-state index contributed by atoms with van der Waals surface area (Å²) in [5, 5.41) is 3.74. The van der Waals surface area contributed by atoms with Crippen molar-refractivity contribution in [1.29, 1.82) is 0 Å². The van der Waals surface area contributed by atoms with Crippen LogP contribution < -0.4 is 10.2 Å². The van der Waals surface area contributed by atoms with E-state index in [9.17, 15) is 4.79 Å². The summed E-state index contributed by atoms with van der Waals surface area (Å²) in [6.07, 6.45) is 0.847. The van der Waals surface area contributed by atoms with E-state index in [1.165, 1.54) is 5.56 Å². The molecule has 0 saturated heterocycles. The molecule has 3 aromatic rings. The van der Waals surface area contributed by atoms with Crippen molar-refractivity contribution in [3.63, 3.8) is 0 Å². The van der Waals surface area contributed by atoms with Gasteiger partial charge in [-0.2, -0.15) is 0 Å². The Morgan fingerprint density at radius 1 is 1.15 bits per heavy atom. The number of hydrogen-bond donors (Lipinski definition) is 1. The largest absolute Gasteiger partial charge is 0.324 e. The molecule has 0 aliphatic carbocycles. The number of benzene rings is 2. The fraction of sp³-hybridized carbons (Fsp3) is 0.190. The van der Waals surface area contributed by atoms with Gasteiger partial charge < -0.3 is 10.2 Å². The molecule has 5 nitrogen and oxygen atoms in total. The summed E-state index contributed by atoms with van der Waals surface area (Å²) in [7, 11) is 0. The van der Waals surface area contributed by atoms with E-state index in [1.807, 2.05) is 42.2 Å². The number of fused-ring (bicyclic) bond motifs is 1. The van der Waals surface area contributed by atoms with Gasteiger partial charge in [0.05, 0.1) is 0 Å². The smallest absolute Gasteiger partial charge is 0.277 e. The van der Waals surface area contributed by atoms with Crippen molar-refractivity contribution in [3.05, 3.63) is 76.6 Å². The number of carbonyl (C=O) groups is 1. The number of nitrogens with zero attached hydrogens (tertiary/aromatic N) is 3. The van der Waals surface area contributed by atoms with Gasteiger partial charge in [0.15, 0.2) is 0 Å². The number of rotatable bonds is 3. The molecule has 1 aromatic heterocycles. The molecule has 27 heavy (non-hydrogen) atoms. The lowest BCUT2D eigenvalue weighted by Crippen LogP contribution is -2.36. The van der Waals surface area contributed by atoms with E-state index in [4.69, 9.17) is 11.6 Å². The fourth-order valence-corrected chi connectivity index (χ4v) is 3.62. The van der Waals surface area contributed by atoms with Crippen molar-refractivity contribution in [3.8, 4) is 0 Å². The van der Waals surface area contributed by atoms with Crippen molar-refractivity contribution in [1.82, 2.24) is 9.97 Å². The minimum Gasteiger partial charge on any atom is -0.324 e. The highest BCUT2D eigenvalue weighted by molar-refractivity contribution is 6.30. The van der Waals surface area contributed by atoms with Crippen LogP contribution in [-0.2, 0) is 6.42 Å². The SMILES string of the molecule is Cc1cc(C(=O)N2c3ccccc3CC2C)nc(Nc2cccc(Cl)c2)n1. The Bertz CT molecular complexity index is 1020. The van der Waals surface area contributed by atoms with Crippen molar-refractivity contribution < 1.29 is 4.79 Å². The molecule has 0 spiro atoms. The van der Waals surface area contributed by atoms with E-state index in [0.29, 0.717) is 16.7 Å². The molecule has 1 aliphatic rings. The van der Waals surface area contributed by atoms with Crippen molar-refractivity contribution in [2.24, 2.45) is 0 Å². The lowest BCUT2D eigenvalue weighted by Gasteiger charge is -2.22. The first kappa shape index (κ1) is 17.5. The van der Waals surface area contributed by atoms with Gasteiger partial charge in [-0.1, -0.05) is 35.9 Å². The summed E-state index contributed by atoms with van der Waals surface area (Å²) in [6.45, 7) is 3.90. The molecule has 1 amide bonds. The highest BCUT2D eigenvalue weighted by Crippen LogP contribution is 2.33. The van der Waals surface area contributed by atoms with Gasteiger partial charge in [-0.3, -0.25) is 4.79 Å². The van der Waals surface area contributed by atoms with Crippen LogP contribution in [0.4, 0.5) is 17.3 Å². The average molecular weight is 379 g/mol. The number of carbonyl (C=O) groups excluding carboxylic acids is 1. The zero-order valence-corrected chi connectivity index (χ0v) is 15.9. The Labute approximate surface area is 163 Å². The Morgan fingerprint density at radius 3 is 2.78 bits per heavy atom. The van der Waals surface area contributed by atoms with Gasteiger partial charge in [0, 0.05) is 28.1 Å². The van der Waals surface area contributed by atoms with Crippen LogP contribution in [0.1, 0.15) is 28.7 Å². The third-order valence-corrected chi connectivity index (χ3v) is 4.82. The minimum atomic E-state index is -0.118. The van der Waals surface area contributed by atoms with Crippen LogP contribution >= 0.6 is 11.6 Å². The number of aromatic nitrogens is 2. The maximum absolute atomic E-state index is 13.2. The van der Waals surface area contributed by atoms with Crippen LogP contribution in [0.25, 0.3) is 0 Å². The molecule has 6 heteroatoms. The molecule has 4 rings (SSSR count). The first-order valence-corrected chi connectivity index (χ1v) is 9.19. The van der Waals surface area contributed by atoms with E-state index in [-0.39, 0.29) is 11.9 Å². The number of amides is 1. The Morgan fingerprint density at radius 2 is 1.96 bits per heavy atom. The van der Waals surface area contributed by atoms with Crippen LogP contribution in [0, 0.1) is 6.92 Å². The normalized spacial score (nSPS) is 15.5. The first-order valence-electron chi connectivity index (χ1n) is 8.81. The molecule has 1 N–H and O–H groups in total. The summed E-state index contributed by atoms with van der Waals surface area (Å²) in [4.78, 5) is 23.9. The van der Waals surface area contributed by atoms with E-state index < -0.39 is 0 Å². The summed E-state index contributed by atoms with van der Waals surface area (Å²) >= 11 is 6.03. The highest BCUT2D eigenvalue weighted by atomic mass is 35.5. The van der Waals surface area contributed by atoms with Crippen LogP contribution in [0.5, 0.6) is 0 Å². The zero-order valence-electron chi connectivity index (χ0n) is 15.1. The number of hydrogen-bond acceptors (Lipinski definition) is 4. The molecular formula is C21H19ClN4O. The second kappa shape index (κ2) is 7.00. The van der Waals surface area contributed by atoms with Gasteiger partial charge in [-0.25, -0.2) is 9.97 Å². The number of anilines is 3. The molecular weight excluding hydrogens is 360 g/mol. The maximum Gasteiger partial charge on any atom is 0.277 e.